The molecular weight excluding hydrogens is 947 g/mol. The topological polar surface area (TPSA) is 280 Å². The summed E-state index contributed by atoms with van der Waals surface area (Å²) in [6.45, 7) is 11.0. The largest absolute Gasteiger partial charge is 0.494 e. The van der Waals surface area contributed by atoms with Gasteiger partial charge in [-0.2, -0.15) is 0 Å². The van der Waals surface area contributed by atoms with Crippen molar-refractivity contribution in [3.05, 3.63) is 29.8 Å². The molecular formula is C48H79N7O11S3. The normalized spacial score (nSPS) is 16.5. The van der Waals surface area contributed by atoms with Gasteiger partial charge < -0.3 is 46.8 Å². The van der Waals surface area contributed by atoms with E-state index in [2.05, 4.69) is 16.0 Å². The first-order valence-corrected chi connectivity index (χ1v) is 26.1. The summed E-state index contributed by atoms with van der Waals surface area (Å²) in [6, 6.07) is 6.60. The zero-order chi connectivity index (χ0) is 52.5. The van der Waals surface area contributed by atoms with Gasteiger partial charge in [0.25, 0.3) is 0 Å². The second-order valence-electron chi connectivity index (χ2n) is 16.6. The molecule has 21 heteroatoms. The molecule has 8 N–H and O–H groups in total. The van der Waals surface area contributed by atoms with Crippen molar-refractivity contribution < 1.29 is 53.6 Å². The fourth-order valence-corrected chi connectivity index (χ4v) is 9.10. The van der Waals surface area contributed by atoms with Gasteiger partial charge in [0.1, 0.15) is 17.8 Å². The molecule has 3 rings (SSSR count). The minimum atomic E-state index is -0.887. The van der Waals surface area contributed by atoms with Gasteiger partial charge in [-0.15, -0.1) is 23.5 Å². The van der Waals surface area contributed by atoms with Gasteiger partial charge in [-0.05, 0) is 148 Å². The van der Waals surface area contributed by atoms with Gasteiger partial charge in [-0.25, -0.2) is 0 Å². The number of thiocarbonyl (C=S) groups is 1. The number of likely N-dealkylation sites (tertiary alicyclic amines) is 2. The van der Waals surface area contributed by atoms with E-state index >= 15 is 0 Å². The van der Waals surface area contributed by atoms with Gasteiger partial charge >= 0.3 is 17.9 Å². The number of rotatable bonds is 30. The number of hydrogen-bond donors (Lipinski definition) is 8. The minimum Gasteiger partial charge on any atom is -0.494 e. The summed E-state index contributed by atoms with van der Waals surface area (Å²) in [7, 11) is 4.80. The van der Waals surface area contributed by atoms with Crippen LogP contribution in [0.15, 0.2) is 24.3 Å². The van der Waals surface area contributed by atoms with E-state index < -0.39 is 30.0 Å². The molecule has 4 amide bonds. The van der Waals surface area contributed by atoms with Gasteiger partial charge in [-0.3, -0.25) is 43.4 Å². The van der Waals surface area contributed by atoms with Crippen LogP contribution in [-0.4, -0.2) is 158 Å². The van der Waals surface area contributed by atoms with Crippen LogP contribution in [0.1, 0.15) is 124 Å². The lowest BCUT2D eigenvalue weighted by molar-refractivity contribution is -0.142. The van der Waals surface area contributed by atoms with Crippen molar-refractivity contribution >= 4 is 93.7 Å². The molecule has 0 aromatic heterocycles. The number of ether oxygens (including phenoxy) is 1. The first-order chi connectivity index (χ1) is 32.6. The molecule has 0 aliphatic carbocycles. The fourth-order valence-electron chi connectivity index (χ4n) is 6.71. The molecule has 1 aromatic carbocycles. The third-order valence-electron chi connectivity index (χ3n) is 10.8. The van der Waals surface area contributed by atoms with Crippen LogP contribution in [0, 0.1) is 16.7 Å². The van der Waals surface area contributed by atoms with Crippen LogP contribution in [0.5, 0.6) is 5.75 Å². The molecule has 69 heavy (non-hydrogen) atoms. The molecule has 18 nitrogen and oxygen atoms in total. The van der Waals surface area contributed by atoms with Crippen molar-refractivity contribution in [3.63, 3.8) is 0 Å². The second kappa shape index (κ2) is 37.4. The SMILES string of the molecule is CC(=N)CCCSC1CC(=O)N(C)C1=O.CCOc1ccc(C[C@H](CC)C(=O)O)cc1.CN[C@@H](CCCCN1C(=O)CC(SCCCC(C)=N)C1=O)C(=O)O.CN[C@@H](CCCCNC(C)=S)C(=O)O. The third-order valence-corrected chi connectivity index (χ3v) is 13.6. The molecule has 1 aromatic rings. The average molecular weight is 1030 g/mol. The molecule has 2 aliphatic heterocycles. The number of aliphatic carboxylic acids is 3. The highest BCUT2D eigenvalue weighted by Crippen LogP contribution is 2.27. The Morgan fingerprint density at radius 3 is 1.65 bits per heavy atom. The Kier molecular flexibility index (Phi) is 35.0. The van der Waals surface area contributed by atoms with E-state index in [9.17, 15) is 33.6 Å². The van der Waals surface area contributed by atoms with Crippen LogP contribution in [0.3, 0.4) is 0 Å². The standard InChI is InChI=1S/C16H27N3O4S.C13H18O3.C10H16N2O2S.C9H18N2O2S/c1-11(17)6-5-9-24-13-10-14(20)19(15(13)21)8-4-3-7-12(18-2)16(22)23;1-3-11(13(14)15)9-10-5-7-12(8-6-10)16-4-2;1-7(11)4-3-5-15-8-6-9(13)12(2)10(8)14;1-7(14)11-6-4-3-5-8(10-2)9(12)13/h12-13,17-18H,3-10H2,1-2H3,(H,22,23);5-8,11H,3-4,9H2,1-2H3,(H,14,15);8,11H,3-6H2,1-2H3;8,10H,3-6H2,1-2H3,(H,11,14)(H,12,13)/t12-,13?;11-;;8-/m00.0/s1. The Hall–Kier alpha value is -4.44. The maximum absolute atomic E-state index is 12.3. The molecule has 0 radical (unpaired) electrons. The van der Waals surface area contributed by atoms with E-state index in [1.165, 1.54) is 40.4 Å². The zero-order valence-corrected chi connectivity index (χ0v) is 44.3. The van der Waals surface area contributed by atoms with Crippen molar-refractivity contribution in [3.8, 4) is 5.75 Å². The lowest BCUT2D eigenvalue weighted by Crippen LogP contribution is -2.34. The number of carboxylic acid groups (broad SMARTS) is 3. The zero-order valence-electron chi connectivity index (χ0n) is 41.9. The van der Waals surface area contributed by atoms with Crippen molar-refractivity contribution in [1.29, 1.82) is 10.8 Å². The third kappa shape index (κ3) is 28.7. The summed E-state index contributed by atoms with van der Waals surface area (Å²) in [5.74, 6) is -0.663. The Morgan fingerprint density at radius 2 is 1.25 bits per heavy atom. The van der Waals surface area contributed by atoms with E-state index in [1.807, 2.05) is 45.0 Å². The number of amides is 4. The van der Waals surface area contributed by atoms with Crippen LogP contribution >= 0.6 is 35.7 Å². The monoisotopic (exact) mass is 1030 g/mol. The van der Waals surface area contributed by atoms with Crippen LogP contribution < -0.4 is 20.7 Å². The smallest absolute Gasteiger partial charge is 0.320 e. The molecule has 2 fully saturated rings. The summed E-state index contributed by atoms with van der Waals surface area (Å²) in [6.07, 6.45) is 9.30. The maximum Gasteiger partial charge on any atom is 0.320 e. The summed E-state index contributed by atoms with van der Waals surface area (Å²) in [4.78, 5) is 82.6. The van der Waals surface area contributed by atoms with Gasteiger partial charge in [0.05, 0.1) is 28.0 Å². The van der Waals surface area contributed by atoms with E-state index in [4.69, 9.17) is 43.1 Å². The molecule has 390 valence electrons. The first kappa shape index (κ1) is 64.6. The van der Waals surface area contributed by atoms with Crippen molar-refractivity contribution in [1.82, 2.24) is 25.8 Å². The Bertz CT molecular complexity index is 1810. The molecule has 2 aliphatic rings. The lowest BCUT2D eigenvalue weighted by atomic mass is 9.97. The number of hydrogen-bond acceptors (Lipinski definition) is 15. The molecule has 0 spiro atoms. The predicted octanol–water partition coefficient (Wildman–Crippen LogP) is 6.31. The van der Waals surface area contributed by atoms with E-state index in [0.717, 1.165) is 72.9 Å². The summed E-state index contributed by atoms with van der Waals surface area (Å²) < 4.78 is 5.32. The number of nitrogens with zero attached hydrogens (tertiary/aromatic N) is 2. The molecule has 0 bridgehead atoms. The Morgan fingerprint density at radius 1 is 0.754 bits per heavy atom. The van der Waals surface area contributed by atoms with E-state index in [1.54, 1.807) is 27.9 Å². The Balaban J connectivity index is 0.000000918. The summed E-state index contributed by atoms with van der Waals surface area (Å²) >= 11 is 7.87. The number of imide groups is 2. The van der Waals surface area contributed by atoms with Crippen LogP contribution in [-0.2, 0) is 40.0 Å². The molecule has 0 saturated carbocycles. The maximum atomic E-state index is 12.3. The predicted molar refractivity (Wildman–Crippen MR) is 279 cm³/mol. The molecule has 2 heterocycles. The average Bonchev–Trinajstić information content (AvgIpc) is 3.70. The van der Waals surface area contributed by atoms with Crippen LogP contribution in [0.4, 0.5) is 0 Å². The number of benzene rings is 1. The Labute approximate surface area is 423 Å². The minimum absolute atomic E-state index is 0.0726. The van der Waals surface area contributed by atoms with Crippen LogP contribution in [0.25, 0.3) is 0 Å². The second-order valence-corrected chi connectivity index (χ2v) is 19.9. The van der Waals surface area contributed by atoms with E-state index in [-0.39, 0.29) is 46.5 Å². The summed E-state index contributed by atoms with van der Waals surface area (Å²) in [5.41, 5.74) is 2.34. The number of carbonyl (C=O) groups is 7. The van der Waals surface area contributed by atoms with Crippen LogP contribution in [0.2, 0.25) is 0 Å². The highest BCUT2D eigenvalue weighted by atomic mass is 32.2. The van der Waals surface area contributed by atoms with Gasteiger partial charge in [0.2, 0.25) is 23.6 Å². The number of carboxylic acids is 3. The quantitative estimate of drug-likeness (QED) is 0.0181. The molecule has 2 saturated heterocycles. The number of unbranched alkanes of at least 4 members (excludes halogenated alkanes) is 2. The molecule has 5 atom stereocenters. The highest BCUT2D eigenvalue weighted by Gasteiger charge is 2.38. The number of thioether (sulfide) groups is 2. The summed E-state index contributed by atoms with van der Waals surface area (Å²) in [5, 5.41) is 49.3. The number of carbonyl (C=O) groups excluding carboxylic acids is 4. The van der Waals surface area contributed by atoms with Gasteiger partial charge in [0, 0.05) is 44.4 Å². The van der Waals surface area contributed by atoms with Crippen molar-refractivity contribution in [2.45, 2.75) is 147 Å². The van der Waals surface area contributed by atoms with Gasteiger partial charge in [0.15, 0.2) is 0 Å². The van der Waals surface area contributed by atoms with E-state index in [0.29, 0.717) is 69.5 Å². The van der Waals surface area contributed by atoms with Crippen molar-refractivity contribution in [2.75, 3.05) is 52.3 Å². The molecule has 2 unspecified atom stereocenters. The van der Waals surface area contributed by atoms with Gasteiger partial charge in [-0.1, -0.05) is 31.3 Å². The fraction of sp³-hybridized carbons (Fsp3) is 0.667. The number of likely N-dealkylation sites (N-methyl/N-ethyl adjacent to an activating group) is 2. The first-order valence-electron chi connectivity index (χ1n) is 23.6. The number of nitrogens with one attached hydrogen (secondary N) is 5. The lowest BCUT2D eigenvalue weighted by Gasteiger charge is -2.16. The van der Waals surface area contributed by atoms with Crippen molar-refractivity contribution in [2.24, 2.45) is 5.92 Å². The highest BCUT2D eigenvalue weighted by molar-refractivity contribution is 8.00.